The number of nitrogens with one attached hydrogen (secondary N) is 1. The number of anilines is 1. The van der Waals surface area contributed by atoms with E-state index in [0.717, 1.165) is 12.1 Å². The Morgan fingerprint density at radius 3 is 2.62 bits per heavy atom. The third kappa shape index (κ3) is 4.44. The molecule has 0 saturated carbocycles. The van der Waals surface area contributed by atoms with Gasteiger partial charge in [-0.05, 0) is 18.8 Å². The fourth-order valence-corrected chi connectivity index (χ4v) is 1.14. The highest BCUT2D eigenvalue weighted by Crippen LogP contribution is 2.19. The molecule has 16 heavy (non-hydrogen) atoms. The highest BCUT2D eigenvalue weighted by Gasteiger charge is 2.10. The Labute approximate surface area is 96.4 Å². The van der Waals surface area contributed by atoms with Crippen LogP contribution in [0.5, 0.6) is 5.88 Å². The van der Waals surface area contributed by atoms with E-state index < -0.39 is 0 Å². The molecule has 0 spiro atoms. The van der Waals surface area contributed by atoms with Gasteiger partial charge in [0.25, 0.3) is 0 Å². The first-order valence-corrected chi connectivity index (χ1v) is 5.36. The zero-order valence-electron chi connectivity index (χ0n) is 10.4. The van der Waals surface area contributed by atoms with E-state index >= 15 is 0 Å². The van der Waals surface area contributed by atoms with Gasteiger partial charge >= 0.3 is 0 Å². The van der Waals surface area contributed by atoms with Crippen molar-refractivity contribution in [1.82, 2.24) is 9.97 Å². The minimum atomic E-state index is 0.261. The van der Waals surface area contributed by atoms with Crippen molar-refractivity contribution in [1.29, 1.82) is 0 Å². The highest BCUT2D eigenvalue weighted by atomic mass is 16.5. The molecule has 5 heteroatoms. The zero-order valence-corrected chi connectivity index (χ0v) is 10.4. The van der Waals surface area contributed by atoms with E-state index in [-0.39, 0.29) is 5.41 Å². The Balaban J connectivity index is 2.57. The van der Waals surface area contributed by atoms with Crippen LogP contribution in [0.4, 0.5) is 5.95 Å². The summed E-state index contributed by atoms with van der Waals surface area (Å²) in [6.07, 6.45) is 0.974. The molecule has 0 bridgehead atoms. The van der Waals surface area contributed by atoms with Crippen LogP contribution in [0.1, 0.15) is 32.9 Å². The van der Waals surface area contributed by atoms with Gasteiger partial charge in [0.15, 0.2) is 0 Å². The number of nitrogens with zero attached hydrogens (tertiary/aromatic N) is 2. The summed E-state index contributed by atoms with van der Waals surface area (Å²) in [5, 5.41) is 0. The fraction of sp³-hybridized carbons (Fsp3) is 0.636. The van der Waals surface area contributed by atoms with Crippen LogP contribution in [-0.4, -0.2) is 16.6 Å². The van der Waals surface area contributed by atoms with Crippen LogP contribution in [0.25, 0.3) is 0 Å². The average Bonchev–Trinajstić information content (AvgIpc) is 2.14. The normalized spacial score (nSPS) is 11.3. The van der Waals surface area contributed by atoms with Crippen molar-refractivity contribution >= 4 is 5.95 Å². The maximum atomic E-state index is 5.56. The van der Waals surface area contributed by atoms with E-state index in [1.165, 1.54) is 0 Å². The van der Waals surface area contributed by atoms with Gasteiger partial charge in [-0.3, -0.25) is 5.43 Å². The number of ether oxygens (including phenoxy) is 1. The maximum Gasteiger partial charge on any atom is 0.240 e. The number of rotatable bonds is 4. The minimum absolute atomic E-state index is 0.261. The predicted molar refractivity (Wildman–Crippen MR) is 64.1 cm³/mol. The van der Waals surface area contributed by atoms with Gasteiger partial charge in [0.2, 0.25) is 11.8 Å². The molecule has 3 N–H and O–H groups in total. The Morgan fingerprint density at radius 2 is 2.06 bits per heavy atom. The van der Waals surface area contributed by atoms with Gasteiger partial charge in [-0.25, -0.2) is 10.8 Å². The Bertz CT molecular complexity index is 346. The first-order valence-electron chi connectivity index (χ1n) is 5.36. The molecule has 1 heterocycles. The van der Waals surface area contributed by atoms with Crippen LogP contribution >= 0.6 is 0 Å². The zero-order chi connectivity index (χ0) is 12.2. The molecule has 0 aliphatic carbocycles. The maximum absolute atomic E-state index is 5.56. The molecule has 1 rings (SSSR count). The predicted octanol–water partition coefficient (Wildman–Crippen LogP) is 1.89. The molecule has 1 aromatic heterocycles. The van der Waals surface area contributed by atoms with Gasteiger partial charge < -0.3 is 4.74 Å². The number of hydrogen-bond donors (Lipinski definition) is 2. The van der Waals surface area contributed by atoms with Gasteiger partial charge in [0.1, 0.15) is 0 Å². The van der Waals surface area contributed by atoms with E-state index in [9.17, 15) is 0 Å². The second-order valence-electron chi connectivity index (χ2n) is 4.97. The van der Waals surface area contributed by atoms with E-state index in [4.69, 9.17) is 10.6 Å². The van der Waals surface area contributed by atoms with Crippen molar-refractivity contribution in [3.05, 3.63) is 11.8 Å². The van der Waals surface area contributed by atoms with Crippen molar-refractivity contribution in [2.75, 3.05) is 12.0 Å². The molecule has 0 atom stereocenters. The number of hydrogen-bond acceptors (Lipinski definition) is 5. The van der Waals surface area contributed by atoms with Crippen LogP contribution in [0.15, 0.2) is 6.07 Å². The summed E-state index contributed by atoms with van der Waals surface area (Å²) >= 11 is 0. The van der Waals surface area contributed by atoms with Gasteiger partial charge in [0.05, 0.1) is 6.61 Å². The fourth-order valence-electron chi connectivity index (χ4n) is 1.14. The summed E-state index contributed by atoms with van der Waals surface area (Å²) in [6.45, 7) is 9.04. The van der Waals surface area contributed by atoms with Crippen LogP contribution < -0.4 is 16.0 Å². The molecule has 0 radical (unpaired) electrons. The summed E-state index contributed by atoms with van der Waals surface area (Å²) in [7, 11) is 0. The number of hydrazine groups is 1. The van der Waals surface area contributed by atoms with Crippen molar-refractivity contribution in [3.63, 3.8) is 0 Å². The Hall–Kier alpha value is -1.36. The summed E-state index contributed by atoms with van der Waals surface area (Å²) < 4.78 is 5.56. The first-order chi connectivity index (χ1) is 7.40. The first kappa shape index (κ1) is 12.7. The van der Waals surface area contributed by atoms with Gasteiger partial charge in [-0.15, -0.1) is 0 Å². The molecule has 0 amide bonds. The van der Waals surface area contributed by atoms with Crippen molar-refractivity contribution in [2.45, 2.75) is 34.1 Å². The molecule has 0 aromatic carbocycles. The number of nitrogen functional groups attached to an aromatic ring is 1. The number of aromatic nitrogens is 2. The summed E-state index contributed by atoms with van der Waals surface area (Å²) in [4.78, 5) is 8.18. The van der Waals surface area contributed by atoms with Gasteiger partial charge in [0, 0.05) is 11.8 Å². The number of nitrogens with two attached hydrogens (primary N) is 1. The molecule has 5 nitrogen and oxygen atoms in total. The second kappa shape index (κ2) is 5.12. The molecule has 0 aliphatic rings. The lowest BCUT2D eigenvalue weighted by Gasteiger charge is -2.17. The van der Waals surface area contributed by atoms with Crippen molar-refractivity contribution in [2.24, 2.45) is 11.3 Å². The molecule has 0 unspecified atom stereocenters. The average molecular weight is 224 g/mol. The molecular weight excluding hydrogens is 204 g/mol. The van der Waals surface area contributed by atoms with Crippen molar-refractivity contribution in [3.8, 4) is 5.88 Å². The van der Waals surface area contributed by atoms with E-state index in [1.54, 1.807) is 6.07 Å². The molecule has 0 fully saturated rings. The third-order valence-corrected chi connectivity index (χ3v) is 2.06. The smallest absolute Gasteiger partial charge is 0.240 e. The molecular formula is C11H20N4O. The van der Waals surface area contributed by atoms with Crippen LogP contribution in [0.2, 0.25) is 0 Å². The lowest BCUT2D eigenvalue weighted by molar-refractivity contribution is 0.236. The largest absolute Gasteiger partial charge is 0.478 e. The van der Waals surface area contributed by atoms with Crippen LogP contribution in [0.3, 0.4) is 0 Å². The molecule has 0 saturated heterocycles. The SMILES string of the molecule is Cc1cc(OCCC(C)(C)C)nc(NN)n1. The van der Waals surface area contributed by atoms with E-state index in [2.05, 4.69) is 36.2 Å². The highest BCUT2D eigenvalue weighted by molar-refractivity contribution is 5.28. The van der Waals surface area contributed by atoms with Crippen molar-refractivity contribution < 1.29 is 4.74 Å². The lowest BCUT2D eigenvalue weighted by Crippen LogP contribution is -2.14. The standard InChI is InChI=1S/C11H20N4O/c1-8-7-9(14-10(13-8)15-12)16-6-5-11(2,3)4/h7H,5-6,12H2,1-4H3,(H,13,14,15). The molecule has 0 aliphatic heterocycles. The quantitative estimate of drug-likeness (QED) is 0.603. The Kier molecular flexibility index (Phi) is 4.06. The van der Waals surface area contributed by atoms with Gasteiger partial charge in [-0.1, -0.05) is 20.8 Å². The lowest BCUT2D eigenvalue weighted by atomic mass is 9.93. The third-order valence-electron chi connectivity index (χ3n) is 2.06. The van der Waals surface area contributed by atoms with E-state index in [0.29, 0.717) is 18.4 Å². The minimum Gasteiger partial charge on any atom is -0.478 e. The summed E-state index contributed by atoms with van der Waals surface area (Å²) in [5.41, 5.74) is 3.50. The number of aryl methyl sites for hydroxylation is 1. The summed E-state index contributed by atoms with van der Waals surface area (Å²) in [6, 6.07) is 1.80. The topological polar surface area (TPSA) is 73.1 Å². The monoisotopic (exact) mass is 224 g/mol. The molecule has 90 valence electrons. The van der Waals surface area contributed by atoms with Crippen LogP contribution in [-0.2, 0) is 0 Å². The summed E-state index contributed by atoms with van der Waals surface area (Å²) in [5.74, 6) is 6.20. The van der Waals surface area contributed by atoms with Gasteiger partial charge in [-0.2, -0.15) is 4.98 Å². The van der Waals surface area contributed by atoms with Crippen LogP contribution in [0, 0.1) is 12.3 Å². The molecule has 1 aromatic rings. The van der Waals surface area contributed by atoms with E-state index in [1.807, 2.05) is 6.92 Å². The Morgan fingerprint density at radius 1 is 1.38 bits per heavy atom. The second-order valence-corrected chi connectivity index (χ2v) is 4.97.